The van der Waals surface area contributed by atoms with Crippen molar-refractivity contribution in [2.75, 3.05) is 16.6 Å². The van der Waals surface area contributed by atoms with Crippen LogP contribution < -0.4 is 4.31 Å². The summed E-state index contributed by atoms with van der Waals surface area (Å²) < 4.78 is 25.7. The van der Waals surface area contributed by atoms with E-state index < -0.39 is 16.0 Å². The lowest BCUT2D eigenvalue weighted by Gasteiger charge is -2.18. The first-order valence-corrected chi connectivity index (χ1v) is 7.75. The van der Waals surface area contributed by atoms with Crippen LogP contribution >= 0.6 is 15.9 Å². The molecule has 0 aliphatic carbocycles. The molecule has 1 aliphatic heterocycles. The van der Waals surface area contributed by atoms with Crippen LogP contribution in [0.2, 0.25) is 0 Å². The second-order valence-corrected chi connectivity index (χ2v) is 7.18. The van der Waals surface area contributed by atoms with Crippen molar-refractivity contribution in [2.24, 2.45) is 5.92 Å². The Morgan fingerprint density at radius 3 is 2.61 bits per heavy atom. The molecule has 1 saturated heterocycles. The number of anilines is 1. The fraction of sp³-hybridized carbons (Fsp3) is 0.364. The Morgan fingerprint density at radius 2 is 2.17 bits per heavy atom. The SMILES string of the molecule is CC1CN(c2ccc(C(=O)O)cc2Br)S(=O)(=O)C1. The van der Waals surface area contributed by atoms with Gasteiger partial charge < -0.3 is 5.11 Å². The maximum absolute atomic E-state index is 11.9. The summed E-state index contributed by atoms with van der Waals surface area (Å²) in [6, 6.07) is 4.33. The average Bonchev–Trinajstić information content (AvgIpc) is 2.51. The van der Waals surface area contributed by atoms with Crippen molar-refractivity contribution in [3.63, 3.8) is 0 Å². The van der Waals surface area contributed by atoms with E-state index in [4.69, 9.17) is 5.11 Å². The average molecular weight is 334 g/mol. The number of aromatic carboxylic acids is 1. The van der Waals surface area contributed by atoms with Crippen LogP contribution in [0, 0.1) is 5.92 Å². The zero-order chi connectivity index (χ0) is 13.5. The van der Waals surface area contributed by atoms with E-state index in [9.17, 15) is 13.2 Å². The van der Waals surface area contributed by atoms with E-state index in [-0.39, 0.29) is 17.2 Å². The molecule has 18 heavy (non-hydrogen) atoms. The molecule has 0 radical (unpaired) electrons. The number of carboxylic acids is 1. The van der Waals surface area contributed by atoms with E-state index in [1.54, 1.807) is 0 Å². The van der Waals surface area contributed by atoms with Crippen molar-refractivity contribution in [2.45, 2.75) is 6.92 Å². The summed E-state index contributed by atoms with van der Waals surface area (Å²) in [4.78, 5) is 10.8. The first-order chi connectivity index (χ1) is 8.31. The smallest absolute Gasteiger partial charge is 0.335 e. The molecule has 0 spiro atoms. The lowest BCUT2D eigenvalue weighted by atomic mass is 10.2. The molecule has 1 atom stereocenters. The molecule has 5 nitrogen and oxygen atoms in total. The zero-order valence-corrected chi connectivity index (χ0v) is 12.0. The molecule has 0 amide bonds. The third-order valence-electron chi connectivity index (χ3n) is 2.77. The fourth-order valence-electron chi connectivity index (χ4n) is 1.99. The second kappa shape index (κ2) is 4.55. The van der Waals surface area contributed by atoms with E-state index in [0.717, 1.165) is 0 Å². The quantitative estimate of drug-likeness (QED) is 0.897. The predicted molar refractivity (Wildman–Crippen MR) is 71.4 cm³/mol. The monoisotopic (exact) mass is 333 g/mol. The van der Waals surface area contributed by atoms with E-state index >= 15 is 0 Å². The van der Waals surface area contributed by atoms with E-state index in [1.165, 1.54) is 22.5 Å². The van der Waals surface area contributed by atoms with Crippen LogP contribution in [0.1, 0.15) is 17.3 Å². The van der Waals surface area contributed by atoms with Gasteiger partial charge in [-0.05, 0) is 40.0 Å². The highest BCUT2D eigenvalue weighted by Gasteiger charge is 2.34. The van der Waals surface area contributed by atoms with Crippen LogP contribution in [-0.4, -0.2) is 31.8 Å². The number of carbonyl (C=O) groups is 1. The molecular formula is C11H12BrNO4S. The minimum atomic E-state index is -3.29. The van der Waals surface area contributed by atoms with Gasteiger partial charge in [-0.1, -0.05) is 6.92 Å². The van der Waals surface area contributed by atoms with Crippen molar-refractivity contribution in [1.82, 2.24) is 0 Å². The van der Waals surface area contributed by atoms with Gasteiger partial charge in [0.15, 0.2) is 0 Å². The van der Waals surface area contributed by atoms with Crippen molar-refractivity contribution >= 4 is 37.6 Å². The maximum Gasteiger partial charge on any atom is 0.335 e. The van der Waals surface area contributed by atoms with Gasteiger partial charge in [-0.25, -0.2) is 13.2 Å². The molecule has 1 aliphatic rings. The molecule has 1 fully saturated rings. The zero-order valence-electron chi connectivity index (χ0n) is 9.63. The molecule has 98 valence electrons. The number of sulfonamides is 1. The summed E-state index contributed by atoms with van der Waals surface area (Å²) in [6.45, 7) is 2.30. The first-order valence-electron chi connectivity index (χ1n) is 5.34. The standard InChI is InChI=1S/C11H12BrNO4S/c1-7-5-13(18(16,17)6-7)10-3-2-8(11(14)15)4-9(10)12/h2-4,7H,5-6H2,1H3,(H,14,15). The predicted octanol–water partition coefficient (Wildman–Crippen LogP) is 1.93. The highest BCUT2D eigenvalue weighted by molar-refractivity contribution is 9.10. The Labute approximate surface area is 114 Å². The van der Waals surface area contributed by atoms with Gasteiger partial charge in [0, 0.05) is 11.0 Å². The molecule has 2 rings (SSSR count). The van der Waals surface area contributed by atoms with Crippen molar-refractivity contribution in [3.05, 3.63) is 28.2 Å². The van der Waals surface area contributed by atoms with E-state index in [2.05, 4.69) is 15.9 Å². The molecule has 1 N–H and O–H groups in total. The van der Waals surface area contributed by atoms with Gasteiger partial charge in [0.1, 0.15) is 0 Å². The lowest BCUT2D eigenvalue weighted by Crippen LogP contribution is -2.25. The summed E-state index contributed by atoms with van der Waals surface area (Å²) in [6.07, 6.45) is 0. The maximum atomic E-state index is 11.9. The molecule has 0 aromatic heterocycles. The van der Waals surface area contributed by atoms with Crippen LogP contribution in [0.25, 0.3) is 0 Å². The second-order valence-electron chi connectivity index (χ2n) is 4.39. The summed E-state index contributed by atoms with van der Waals surface area (Å²) in [5.74, 6) is -0.846. The Morgan fingerprint density at radius 1 is 1.50 bits per heavy atom. The van der Waals surface area contributed by atoms with Crippen LogP contribution in [0.15, 0.2) is 22.7 Å². The minimum absolute atomic E-state index is 0.0704. The largest absolute Gasteiger partial charge is 0.478 e. The first kappa shape index (κ1) is 13.4. The molecular weight excluding hydrogens is 322 g/mol. The van der Waals surface area contributed by atoms with Gasteiger partial charge in [-0.15, -0.1) is 0 Å². The highest BCUT2D eigenvalue weighted by atomic mass is 79.9. The highest BCUT2D eigenvalue weighted by Crippen LogP contribution is 2.33. The van der Waals surface area contributed by atoms with Gasteiger partial charge >= 0.3 is 5.97 Å². The third-order valence-corrected chi connectivity index (χ3v) is 5.41. The van der Waals surface area contributed by atoms with Gasteiger partial charge in [-0.2, -0.15) is 0 Å². The molecule has 0 bridgehead atoms. The van der Waals surface area contributed by atoms with Gasteiger partial charge in [0.25, 0.3) is 0 Å². The molecule has 7 heteroatoms. The molecule has 0 saturated carbocycles. The van der Waals surface area contributed by atoms with Crippen LogP contribution in [-0.2, 0) is 10.0 Å². The lowest BCUT2D eigenvalue weighted by molar-refractivity contribution is 0.0697. The Balaban J connectivity index is 2.44. The van der Waals surface area contributed by atoms with Crippen LogP contribution in [0.4, 0.5) is 5.69 Å². The van der Waals surface area contributed by atoms with Crippen molar-refractivity contribution < 1.29 is 18.3 Å². The van der Waals surface area contributed by atoms with Crippen molar-refractivity contribution in [3.8, 4) is 0 Å². The van der Waals surface area contributed by atoms with Gasteiger partial charge in [-0.3, -0.25) is 4.31 Å². The number of benzene rings is 1. The summed E-state index contributed by atoms with van der Waals surface area (Å²) in [5, 5.41) is 8.86. The number of hydrogen-bond acceptors (Lipinski definition) is 3. The van der Waals surface area contributed by atoms with Gasteiger partial charge in [0.2, 0.25) is 10.0 Å². The fourth-order valence-corrected chi connectivity index (χ4v) is 4.64. The normalized spacial score (nSPS) is 22.1. The topological polar surface area (TPSA) is 74.7 Å². The Hall–Kier alpha value is -1.08. The number of hydrogen-bond donors (Lipinski definition) is 1. The third kappa shape index (κ3) is 2.37. The Bertz CT molecular complexity index is 599. The van der Waals surface area contributed by atoms with Gasteiger partial charge in [0.05, 0.1) is 17.0 Å². The van der Waals surface area contributed by atoms with Crippen LogP contribution in [0.3, 0.4) is 0 Å². The summed E-state index contributed by atoms with van der Waals surface area (Å²) in [7, 11) is -3.29. The number of halogens is 1. The number of rotatable bonds is 2. The summed E-state index contributed by atoms with van der Waals surface area (Å²) >= 11 is 3.23. The van der Waals surface area contributed by atoms with E-state index in [0.29, 0.717) is 16.7 Å². The summed E-state index contributed by atoms with van der Waals surface area (Å²) in [5.41, 5.74) is 0.611. The molecule has 1 heterocycles. The van der Waals surface area contributed by atoms with E-state index in [1.807, 2.05) is 6.92 Å². The molecule has 1 unspecified atom stereocenters. The molecule has 1 aromatic rings. The molecule has 1 aromatic carbocycles. The number of nitrogens with zero attached hydrogens (tertiary/aromatic N) is 1. The van der Waals surface area contributed by atoms with Crippen LogP contribution in [0.5, 0.6) is 0 Å². The van der Waals surface area contributed by atoms with Crippen molar-refractivity contribution in [1.29, 1.82) is 0 Å². The minimum Gasteiger partial charge on any atom is -0.478 e. The number of carboxylic acid groups (broad SMARTS) is 1. The Kier molecular flexibility index (Phi) is 3.37.